The average molecular weight is 413 g/mol. The van der Waals surface area contributed by atoms with Crippen LogP contribution in [0.5, 0.6) is 0 Å². The van der Waals surface area contributed by atoms with Gasteiger partial charge < -0.3 is 5.32 Å². The molecular formula is C16H11ClF2N4O3S. The number of carbonyl (C=O) groups is 1. The van der Waals surface area contributed by atoms with Crippen molar-refractivity contribution in [1.82, 2.24) is 9.29 Å². The van der Waals surface area contributed by atoms with Crippen LogP contribution in [0.2, 0.25) is 5.02 Å². The van der Waals surface area contributed by atoms with Crippen molar-refractivity contribution < 1.29 is 22.0 Å². The fraction of sp³-hybridized carbons (Fsp3) is 0.0625. The van der Waals surface area contributed by atoms with Crippen molar-refractivity contribution in [3.05, 3.63) is 70.7 Å². The first-order valence-corrected chi connectivity index (χ1v) is 9.14. The van der Waals surface area contributed by atoms with Crippen LogP contribution in [0.15, 0.2) is 52.7 Å². The van der Waals surface area contributed by atoms with E-state index < -0.39 is 27.8 Å². The number of allylic oxidation sites excluding steroid dienone is 1. The summed E-state index contributed by atoms with van der Waals surface area (Å²) >= 11 is 5.67. The Bertz CT molecular complexity index is 1090. The molecule has 0 saturated carbocycles. The van der Waals surface area contributed by atoms with Crippen LogP contribution in [0.3, 0.4) is 0 Å². The molecule has 0 bridgehead atoms. The van der Waals surface area contributed by atoms with Gasteiger partial charge in [0, 0.05) is 12.7 Å². The number of anilines is 1. The van der Waals surface area contributed by atoms with Crippen molar-refractivity contribution in [3.8, 4) is 0 Å². The molecule has 7 nitrogen and oxygen atoms in total. The summed E-state index contributed by atoms with van der Waals surface area (Å²) in [6.07, 6.45) is 2.10. The third kappa shape index (κ3) is 3.96. The maximum absolute atomic E-state index is 13.2. The zero-order valence-electron chi connectivity index (χ0n) is 13.6. The van der Waals surface area contributed by atoms with Crippen molar-refractivity contribution in [2.24, 2.45) is 4.40 Å². The highest BCUT2D eigenvalue weighted by molar-refractivity contribution is 7.88. The molecule has 27 heavy (non-hydrogen) atoms. The first kappa shape index (κ1) is 18.9. The number of likely N-dealkylation sites (N-methyl/N-ethyl adjacent to an activating group) is 1. The van der Waals surface area contributed by atoms with Gasteiger partial charge in [0.05, 0.1) is 16.9 Å². The summed E-state index contributed by atoms with van der Waals surface area (Å²) < 4.78 is 55.0. The second kappa shape index (κ2) is 7.05. The Morgan fingerprint density at radius 2 is 1.96 bits per heavy atom. The van der Waals surface area contributed by atoms with Crippen LogP contribution in [0, 0.1) is 11.6 Å². The molecule has 3 rings (SSSR count). The largest absolute Gasteiger partial charge is 0.345 e. The summed E-state index contributed by atoms with van der Waals surface area (Å²) in [7, 11) is -3.05. The summed E-state index contributed by atoms with van der Waals surface area (Å²) in [6.45, 7) is 0. The van der Waals surface area contributed by atoms with Crippen LogP contribution in [-0.4, -0.2) is 36.4 Å². The Morgan fingerprint density at radius 1 is 1.22 bits per heavy atom. The van der Waals surface area contributed by atoms with Gasteiger partial charge >= 0.3 is 10.2 Å². The standard InChI is InChI=1S/C16H11ClF2N4O3S/c1-23-15(16(24)21-10-3-4-12(19)11(17)6-10)7-14(22-27(23,25)26)13-5-2-9(18)8-20-13/h2-8H,1H3,(H,21,24). The molecule has 1 amide bonds. The summed E-state index contributed by atoms with van der Waals surface area (Å²) in [4.78, 5) is 16.3. The van der Waals surface area contributed by atoms with E-state index in [4.69, 9.17) is 11.6 Å². The predicted octanol–water partition coefficient (Wildman–Crippen LogP) is 2.52. The summed E-state index contributed by atoms with van der Waals surface area (Å²) in [5.41, 5.74) is -0.146. The molecule has 0 spiro atoms. The number of nitrogens with zero attached hydrogens (tertiary/aromatic N) is 3. The topological polar surface area (TPSA) is 91.7 Å². The lowest BCUT2D eigenvalue weighted by Gasteiger charge is -2.23. The zero-order valence-corrected chi connectivity index (χ0v) is 15.2. The maximum atomic E-state index is 13.2. The van der Waals surface area contributed by atoms with Crippen LogP contribution in [0.25, 0.3) is 0 Å². The molecule has 1 N–H and O–H groups in total. The SMILES string of the molecule is CN1C(C(=O)Nc2ccc(F)c(Cl)c2)=CC(c2ccc(F)cn2)=NS1(=O)=O. The minimum atomic E-state index is -4.20. The van der Waals surface area contributed by atoms with E-state index in [1.54, 1.807) is 0 Å². The van der Waals surface area contributed by atoms with E-state index in [-0.39, 0.29) is 27.8 Å². The van der Waals surface area contributed by atoms with Gasteiger partial charge in [-0.1, -0.05) is 11.6 Å². The Morgan fingerprint density at radius 3 is 2.59 bits per heavy atom. The van der Waals surface area contributed by atoms with Gasteiger partial charge in [0.1, 0.15) is 23.0 Å². The Kier molecular flexibility index (Phi) is 4.94. The third-order valence-electron chi connectivity index (χ3n) is 3.57. The van der Waals surface area contributed by atoms with E-state index >= 15 is 0 Å². The highest BCUT2D eigenvalue weighted by atomic mass is 35.5. The Labute approximate surface area is 158 Å². The van der Waals surface area contributed by atoms with Gasteiger partial charge in [-0.3, -0.25) is 9.78 Å². The number of carbonyl (C=O) groups excluding carboxylic acids is 1. The van der Waals surface area contributed by atoms with Gasteiger partial charge in [-0.15, -0.1) is 4.40 Å². The van der Waals surface area contributed by atoms with E-state index in [0.29, 0.717) is 4.31 Å². The van der Waals surface area contributed by atoms with Crippen LogP contribution >= 0.6 is 11.6 Å². The lowest BCUT2D eigenvalue weighted by molar-refractivity contribution is -0.113. The maximum Gasteiger partial charge on any atom is 0.345 e. The van der Waals surface area contributed by atoms with Crippen LogP contribution in [0.4, 0.5) is 14.5 Å². The summed E-state index contributed by atoms with van der Waals surface area (Å²) in [5.74, 6) is -2.06. The third-order valence-corrected chi connectivity index (χ3v) is 5.18. The van der Waals surface area contributed by atoms with E-state index in [0.717, 1.165) is 25.4 Å². The predicted molar refractivity (Wildman–Crippen MR) is 95.5 cm³/mol. The average Bonchev–Trinajstić information content (AvgIpc) is 2.61. The Hall–Kier alpha value is -2.85. The van der Waals surface area contributed by atoms with Gasteiger partial charge in [0.25, 0.3) is 5.91 Å². The first-order chi connectivity index (χ1) is 12.7. The number of hydrogen-bond acceptors (Lipinski definition) is 4. The molecule has 0 aliphatic carbocycles. The van der Waals surface area contributed by atoms with Gasteiger partial charge in [-0.25, -0.2) is 13.1 Å². The van der Waals surface area contributed by atoms with E-state index in [2.05, 4.69) is 14.7 Å². The summed E-state index contributed by atoms with van der Waals surface area (Å²) in [6, 6.07) is 5.84. The van der Waals surface area contributed by atoms with E-state index in [9.17, 15) is 22.0 Å². The summed E-state index contributed by atoms with van der Waals surface area (Å²) in [5, 5.41) is 2.22. The molecule has 1 aromatic carbocycles. The van der Waals surface area contributed by atoms with Crippen LogP contribution < -0.4 is 5.32 Å². The van der Waals surface area contributed by atoms with Crippen molar-refractivity contribution in [1.29, 1.82) is 0 Å². The molecule has 140 valence electrons. The van der Waals surface area contributed by atoms with Crippen molar-refractivity contribution in [2.75, 3.05) is 12.4 Å². The van der Waals surface area contributed by atoms with Crippen LogP contribution in [-0.2, 0) is 15.0 Å². The highest BCUT2D eigenvalue weighted by Gasteiger charge is 2.30. The molecule has 0 radical (unpaired) electrons. The molecule has 1 aliphatic rings. The normalized spacial score (nSPS) is 15.8. The molecule has 0 fully saturated rings. The number of hydrogen-bond donors (Lipinski definition) is 1. The highest BCUT2D eigenvalue weighted by Crippen LogP contribution is 2.23. The number of rotatable bonds is 3. The van der Waals surface area contributed by atoms with E-state index in [1.807, 2.05) is 0 Å². The lowest BCUT2D eigenvalue weighted by Crippen LogP contribution is -2.35. The van der Waals surface area contributed by atoms with Gasteiger partial charge in [-0.2, -0.15) is 8.42 Å². The van der Waals surface area contributed by atoms with Gasteiger partial charge in [0.2, 0.25) is 0 Å². The number of halogens is 3. The van der Waals surface area contributed by atoms with E-state index in [1.165, 1.54) is 24.3 Å². The zero-order chi connectivity index (χ0) is 19.8. The number of aromatic nitrogens is 1. The number of benzene rings is 1. The molecule has 0 saturated heterocycles. The molecule has 0 unspecified atom stereocenters. The minimum Gasteiger partial charge on any atom is -0.321 e. The smallest absolute Gasteiger partial charge is 0.321 e. The molecular weight excluding hydrogens is 402 g/mol. The molecule has 0 atom stereocenters. The van der Waals surface area contributed by atoms with Gasteiger partial charge in [-0.05, 0) is 36.4 Å². The molecule has 2 aromatic rings. The molecule has 1 aromatic heterocycles. The number of nitrogens with one attached hydrogen (secondary N) is 1. The first-order valence-electron chi connectivity index (χ1n) is 7.36. The van der Waals surface area contributed by atoms with Gasteiger partial charge in [0.15, 0.2) is 0 Å². The van der Waals surface area contributed by atoms with Crippen LogP contribution in [0.1, 0.15) is 5.69 Å². The Balaban J connectivity index is 1.96. The second-order valence-electron chi connectivity index (χ2n) is 5.40. The second-order valence-corrected chi connectivity index (χ2v) is 7.43. The van der Waals surface area contributed by atoms with Crippen molar-refractivity contribution in [3.63, 3.8) is 0 Å². The molecule has 1 aliphatic heterocycles. The number of amides is 1. The number of pyridine rings is 1. The fourth-order valence-electron chi connectivity index (χ4n) is 2.18. The monoisotopic (exact) mass is 412 g/mol. The molecule has 2 heterocycles. The van der Waals surface area contributed by atoms with Crippen molar-refractivity contribution >= 4 is 39.1 Å². The minimum absolute atomic E-state index is 0.0724. The fourth-order valence-corrected chi connectivity index (χ4v) is 3.26. The lowest BCUT2D eigenvalue weighted by atomic mass is 10.2. The quantitative estimate of drug-likeness (QED) is 0.838. The van der Waals surface area contributed by atoms with Crippen molar-refractivity contribution in [2.45, 2.75) is 0 Å². The molecule has 11 heteroatoms.